The summed E-state index contributed by atoms with van der Waals surface area (Å²) in [6, 6.07) is 7.57. The van der Waals surface area contributed by atoms with Gasteiger partial charge in [0, 0.05) is 17.1 Å². The van der Waals surface area contributed by atoms with E-state index in [-0.39, 0.29) is 17.6 Å². The average Bonchev–Trinajstić information content (AvgIpc) is 3.21. The van der Waals surface area contributed by atoms with Crippen molar-refractivity contribution < 1.29 is 4.52 Å². The minimum absolute atomic E-state index is 0.0785. The Kier molecular flexibility index (Phi) is 4.36. The summed E-state index contributed by atoms with van der Waals surface area (Å²) in [5.74, 6) is 0.848. The van der Waals surface area contributed by atoms with E-state index in [1.54, 1.807) is 6.92 Å². The van der Waals surface area contributed by atoms with Gasteiger partial charge in [-0.25, -0.2) is 4.79 Å². The van der Waals surface area contributed by atoms with E-state index >= 15 is 0 Å². The van der Waals surface area contributed by atoms with Gasteiger partial charge in [0.25, 0.3) is 5.56 Å². The molecule has 1 aromatic carbocycles. The van der Waals surface area contributed by atoms with Gasteiger partial charge in [-0.2, -0.15) is 14.6 Å². The van der Waals surface area contributed by atoms with Gasteiger partial charge < -0.3 is 9.51 Å². The summed E-state index contributed by atoms with van der Waals surface area (Å²) in [7, 11) is 0. The Labute approximate surface area is 157 Å². The van der Waals surface area contributed by atoms with Crippen LogP contribution in [0.15, 0.2) is 44.7 Å². The van der Waals surface area contributed by atoms with E-state index in [1.807, 2.05) is 24.3 Å². The number of hydrogen-bond donors (Lipinski definition) is 1. The lowest BCUT2D eigenvalue weighted by Crippen LogP contribution is -2.26. The van der Waals surface area contributed by atoms with Gasteiger partial charge in [0.05, 0.1) is 0 Å². The van der Waals surface area contributed by atoms with E-state index in [0.29, 0.717) is 28.9 Å². The Bertz CT molecular complexity index is 1220. The molecule has 0 bridgehead atoms. The molecule has 0 atom stereocenters. The zero-order valence-corrected chi connectivity index (χ0v) is 15.1. The van der Waals surface area contributed by atoms with Crippen molar-refractivity contribution >= 4 is 17.1 Å². The molecule has 4 aromatic rings. The fraction of sp³-hybridized carbons (Fsp3) is 0.235. The zero-order valence-electron chi connectivity index (χ0n) is 14.3. The van der Waals surface area contributed by atoms with Crippen LogP contribution in [0.4, 0.5) is 0 Å². The van der Waals surface area contributed by atoms with Crippen molar-refractivity contribution in [3.05, 3.63) is 79.4 Å². The second-order valence-corrected chi connectivity index (χ2v) is 6.55. The molecule has 0 unspecified atom stereocenters. The van der Waals surface area contributed by atoms with Gasteiger partial charge >= 0.3 is 5.69 Å². The van der Waals surface area contributed by atoms with E-state index in [2.05, 4.69) is 20.2 Å². The lowest BCUT2D eigenvalue weighted by molar-refractivity contribution is 0.364. The molecule has 0 aliphatic rings. The monoisotopic (exact) mass is 386 g/mol. The molecule has 0 saturated carbocycles. The van der Waals surface area contributed by atoms with Crippen molar-refractivity contribution in [1.29, 1.82) is 0 Å². The Morgan fingerprint density at radius 1 is 1.19 bits per heavy atom. The maximum atomic E-state index is 12.6. The van der Waals surface area contributed by atoms with E-state index in [4.69, 9.17) is 16.1 Å². The van der Waals surface area contributed by atoms with Crippen molar-refractivity contribution in [2.24, 2.45) is 0 Å². The Hall–Kier alpha value is -3.20. The van der Waals surface area contributed by atoms with Crippen LogP contribution in [-0.2, 0) is 19.4 Å². The molecular weight excluding hydrogens is 372 g/mol. The number of benzene rings is 1. The minimum atomic E-state index is -0.450. The lowest BCUT2D eigenvalue weighted by atomic mass is 10.1. The fourth-order valence-corrected chi connectivity index (χ4v) is 2.94. The summed E-state index contributed by atoms with van der Waals surface area (Å²) in [5.41, 5.74) is 0.965. The summed E-state index contributed by atoms with van der Waals surface area (Å²) in [6.45, 7) is 1.72. The number of aryl methyl sites for hydroxylation is 3. The second kappa shape index (κ2) is 6.84. The van der Waals surface area contributed by atoms with E-state index < -0.39 is 5.69 Å². The molecule has 0 spiro atoms. The summed E-state index contributed by atoms with van der Waals surface area (Å²) in [4.78, 5) is 31.1. The zero-order chi connectivity index (χ0) is 19.0. The van der Waals surface area contributed by atoms with Crippen LogP contribution in [-0.4, -0.2) is 29.3 Å². The molecule has 0 aliphatic heterocycles. The number of fused-ring (bicyclic) bond motifs is 1. The van der Waals surface area contributed by atoms with Crippen LogP contribution in [0.5, 0.6) is 0 Å². The average molecular weight is 387 g/mol. The molecule has 138 valence electrons. The third-order valence-electron chi connectivity index (χ3n) is 4.19. The number of nitrogens with zero attached hydrogens (tertiary/aromatic N) is 5. The van der Waals surface area contributed by atoms with Gasteiger partial charge in [0.1, 0.15) is 12.9 Å². The molecule has 10 heteroatoms. The van der Waals surface area contributed by atoms with Gasteiger partial charge in [0.15, 0.2) is 11.3 Å². The van der Waals surface area contributed by atoms with Gasteiger partial charge in [-0.05, 0) is 31.0 Å². The maximum Gasteiger partial charge on any atom is 0.347 e. The molecule has 3 aromatic heterocycles. The third-order valence-corrected chi connectivity index (χ3v) is 4.44. The lowest BCUT2D eigenvalue weighted by Gasteiger charge is -2.01. The molecule has 0 aliphatic carbocycles. The van der Waals surface area contributed by atoms with E-state index in [1.165, 1.54) is 10.9 Å². The van der Waals surface area contributed by atoms with Crippen LogP contribution in [0.1, 0.15) is 23.0 Å². The number of halogens is 1. The van der Waals surface area contributed by atoms with Crippen molar-refractivity contribution in [3.8, 4) is 0 Å². The SMILES string of the molecule is Cc1[nH]c(=O)n2ncn(Cc3nc(CCc4ccc(Cl)cc4)no3)c(=O)c12. The normalized spacial score (nSPS) is 11.3. The van der Waals surface area contributed by atoms with Crippen molar-refractivity contribution in [2.45, 2.75) is 26.3 Å². The predicted molar refractivity (Wildman–Crippen MR) is 97.1 cm³/mol. The molecule has 9 nitrogen and oxygen atoms in total. The van der Waals surface area contributed by atoms with Crippen molar-refractivity contribution in [3.63, 3.8) is 0 Å². The number of hydrogen-bond acceptors (Lipinski definition) is 6. The molecule has 0 radical (unpaired) electrons. The first-order valence-electron chi connectivity index (χ1n) is 8.24. The highest BCUT2D eigenvalue weighted by Gasteiger charge is 2.13. The largest absolute Gasteiger partial charge is 0.347 e. The topological polar surface area (TPSA) is 111 Å². The summed E-state index contributed by atoms with van der Waals surface area (Å²) in [6.07, 6.45) is 2.63. The molecule has 0 amide bonds. The highest BCUT2D eigenvalue weighted by Crippen LogP contribution is 2.11. The van der Waals surface area contributed by atoms with E-state index in [0.717, 1.165) is 16.5 Å². The predicted octanol–water partition coefficient (Wildman–Crippen LogP) is 1.36. The number of H-pyrrole nitrogens is 1. The molecule has 3 heterocycles. The van der Waals surface area contributed by atoms with Crippen LogP contribution < -0.4 is 11.2 Å². The summed E-state index contributed by atoms with van der Waals surface area (Å²) in [5, 5.41) is 8.62. The first-order chi connectivity index (χ1) is 13.0. The summed E-state index contributed by atoms with van der Waals surface area (Å²) < 4.78 is 7.60. The standard InChI is InChI=1S/C17H15ClN6O3/c1-10-15-16(25)23(9-19-24(15)17(26)20-10)8-14-21-13(22-27-14)7-4-11-2-5-12(18)6-3-11/h2-3,5-6,9H,4,7-8H2,1H3,(H,20,26). The molecule has 27 heavy (non-hydrogen) atoms. The molecule has 0 fully saturated rings. The Morgan fingerprint density at radius 2 is 1.96 bits per heavy atom. The van der Waals surface area contributed by atoms with Gasteiger partial charge in [0.2, 0.25) is 5.89 Å². The minimum Gasteiger partial charge on any atom is -0.337 e. The number of aromatic amines is 1. The van der Waals surface area contributed by atoms with Crippen LogP contribution in [0.2, 0.25) is 5.02 Å². The number of imidazole rings is 1. The third kappa shape index (κ3) is 3.41. The van der Waals surface area contributed by atoms with Crippen LogP contribution in [0.3, 0.4) is 0 Å². The quantitative estimate of drug-likeness (QED) is 0.554. The maximum absolute atomic E-state index is 12.6. The van der Waals surface area contributed by atoms with E-state index in [9.17, 15) is 9.59 Å². The molecular formula is C17H15ClN6O3. The Morgan fingerprint density at radius 3 is 2.74 bits per heavy atom. The fourth-order valence-electron chi connectivity index (χ4n) is 2.82. The molecule has 4 rings (SSSR count). The first kappa shape index (κ1) is 17.2. The Balaban J connectivity index is 1.51. The summed E-state index contributed by atoms with van der Waals surface area (Å²) >= 11 is 5.88. The van der Waals surface area contributed by atoms with Crippen molar-refractivity contribution in [2.75, 3.05) is 0 Å². The second-order valence-electron chi connectivity index (χ2n) is 6.11. The highest BCUT2D eigenvalue weighted by molar-refractivity contribution is 6.30. The smallest absolute Gasteiger partial charge is 0.337 e. The van der Waals surface area contributed by atoms with Crippen LogP contribution in [0, 0.1) is 6.92 Å². The van der Waals surface area contributed by atoms with Crippen LogP contribution in [0.25, 0.3) is 5.52 Å². The van der Waals surface area contributed by atoms with Gasteiger partial charge in [-0.1, -0.05) is 28.9 Å². The number of aromatic nitrogens is 6. The molecule has 0 saturated heterocycles. The first-order valence-corrected chi connectivity index (χ1v) is 8.62. The highest BCUT2D eigenvalue weighted by atomic mass is 35.5. The number of rotatable bonds is 5. The number of nitrogens with one attached hydrogen (secondary N) is 1. The van der Waals surface area contributed by atoms with Crippen LogP contribution >= 0.6 is 11.6 Å². The van der Waals surface area contributed by atoms with Crippen molar-refractivity contribution in [1.82, 2.24) is 29.3 Å². The molecule has 1 N–H and O–H groups in total. The van der Waals surface area contributed by atoms with Gasteiger partial charge in [-0.15, -0.1) is 0 Å². The van der Waals surface area contributed by atoms with Gasteiger partial charge in [-0.3, -0.25) is 9.36 Å².